The molecule has 0 unspecified atom stereocenters. The highest BCUT2D eigenvalue weighted by Gasteiger charge is 2.26. The Kier molecular flexibility index (Phi) is 5.76. The lowest BCUT2D eigenvalue weighted by molar-refractivity contribution is 0.414. The molecular weight excluding hydrogens is 398 g/mol. The molecule has 0 aliphatic carbocycles. The first kappa shape index (κ1) is 20.0. The third-order valence-electron chi connectivity index (χ3n) is 4.85. The molecule has 0 amide bonds. The number of rotatable bonds is 5. The number of anilines is 1. The number of hydrogen-bond donors (Lipinski definition) is 2. The molecule has 1 aromatic heterocycles. The fourth-order valence-corrected chi connectivity index (χ4v) is 3.69. The maximum atomic E-state index is 12.7. The highest BCUT2D eigenvalue weighted by Crippen LogP contribution is 2.24. The number of methoxy groups -OCH3 is 1. The zero-order chi connectivity index (χ0) is 21.1. The minimum Gasteiger partial charge on any atom is -0.497 e. The molecule has 2 N–H and O–H groups in total. The van der Waals surface area contributed by atoms with Crippen LogP contribution >= 0.6 is 11.8 Å². The molecule has 1 aliphatic heterocycles. The van der Waals surface area contributed by atoms with Crippen molar-refractivity contribution in [1.29, 1.82) is 0 Å². The standard InChI is InChI=1S/C22H23N5O2S/c1-14-12-19(28)27-20(16-6-10-18(30-3)11-7-16)25-21(26-22(27)24-14)23-13-15-4-8-17(29-2)9-5-15/h4-12,20H,13H2,1-3H3,(H2,23,24,25,26)/t20-/m1/s1. The molecular formula is C22H23N5O2S. The van der Waals surface area contributed by atoms with E-state index in [1.54, 1.807) is 23.4 Å². The maximum Gasteiger partial charge on any atom is 0.257 e. The normalized spacial score (nSPS) is 16.5. The summed E-state index contributed by atoms with van der Waals surface area (Å²) in [5, 5.41) is 6.50. The number of nitrogens with zero attached hydrogens (tertiary/aromatic N) is 3. The third kappa shape index (κ3) is 4.18. The number of aromatic nitrogens is 2. The van der Waals surface area contributed by atoms with Crippen LogP contribution in [0.4, 0.5) is 5.95 Å². The van der Waals surface area contributed by atoms with Crippen LogP contribution in [0.5, 0.6) is 5.75 Å². The van der Waals surface area contributed by atoms with Crippen molar-refractivity contribution >= 4 is 23.7 Å². The number of fused-ring (bicyclic) bond motifs is 1. The SMILES string of the molecule is COc1ccc(CN=C2Nc3nc(C)cc(=O)n3[C@H](c3ccc(SC)cc3)N2)cc1. The fourth-order valence-electron chi connectivity index (χ4n) is 3.28. The van der Waals surface area contributed by atoms with Crippen LogP contribution < -0.4 is 20.9 Å². The van der Waals surface area contributed by atoms with Crippen LogP contribution in [0.15, 0.2) is 69.3 Å². The Bertz CT molecular complexity index is 1120. The van der Waals surface area contributed by atoms with Gasteiger partial charge in [-0.1, -0.05) is 24.3 Å². The molecule has 0 radical (unpaired) electrons. The summed E-state index contributed by atoms with van der Waals surface area (Å²) >= 11 is 1.68. The van der Waals surface area contributed by atoms with Gasteiger partial charge in [-0.3, -0.25) is 14.7 Å². The number of aliphatic imine (C=N–C) groups is 1. The average Bonchev–Trinajstić information content (AvgIpc) is 2.77. The van der Waals surface area contributed by atoms with Gasteiger partial charge in [-0.05, 0) is 48.6 Å². The van der Waals surface area contributed by atoms with Gasteiger partial charge in [0.05, 0.1) is 13.7 Å². The van der Waals surface area contributed by atoms with Gasteiger partial charge >= 0.3 is 0 Å². The Morgan fingerprint density at radius 3 is 2.57 bits per heavy atom. The molecule has 154 valence electrons. The van der Waals surface area contributed by atoms with Crippen molar-refractivity contribution in [1.82, 2.24) is 14.9 Å². The zero-order valence-corrected chi connectivity index (χ0v) is 17.9. The Balaban J connectivity index is 1.67. The van der Waals surface area contributed by atoms with Crippen molar-refractivity contribution in [2.24, 2.45) is 4.99 Å². The second-order valence-electron chi connectivity index (χ2n) is 6.89. The van der Waals surface area contributed by atoms with Crippen LogP contribution in [0.3, 0.4) is 0 Å². The van der Waals surface area contributed by atoms with Gasteiger partial charge in [0.1, 0.15) is 11.9 Å². The van der Waals surface area contributed by atoms with Gasteiger partial charge in [0.25, 0.3) is 5.56 Å². The number of nitrogens with one attached hydrogen (secondary N) is 2. The number of aryl methyl sites for hydroxylation is 1. The third-order valence-corrected chi connectivity index (χ3v) is 5.60. The van der Waals surface area contributed by atoms with Gasteiger partial charge in [0.2, 0.25) is 5.95 Å². The van der Waals surface area contributed by atoms with Crippen LogP contribution in [0.25, 0.3) is 0 Å². The quantitative estimate of drug-likeness (QED) is 0.615. The Hall–Kier alpha value is -3.26. The van der Waals surface area contributed by atoms with Gasteiger partial charge in [0, 0.05) is 16.7 Å². The Morgan fingerprint density at radius 1 is 1.17 bits per heavy atom. The predicted octanol–water partition coefficient (Wildman–Crippen LogP) is 3.40. The lowest BCUT2D eigenvalue weighted by Crippen LogP contribution is -2.48. The van der Waals surface area contributed by atoms with Gasteiger partial charge in [-0.15, -0.1) is 11.8 Å². The van der Waals surface area contributed by atoms with E-state index in [9.17, 15) is 4.79 Å². The summed E-state index contributed by atoms with van der Waals surface area (Å²) in [6.45, 7) is 2.29. The zero-order valence-electron chi connectivity index (χ0n) is 17.0. The predicted molar refractivity (Wildman–Crippen MR) is 120 cm³/mol. The molecule has 0 saturated carbocycles. The lowest BCUT2D eigenvalue weighted by Gasteiger charge is -2.31. The van der Waals surface area contributed by atoms with Crippen LogP contribution in [0, 0.1) is 6.92 Å². The second-order valence-corrected chi connectivity index (χ2v) is 7.77. The number of guanidine groups is 1. The van der Waals surface area contributed by atoms with Crippen molar-refractivity contribution in [3.8, 4) is 5.75 Å². The molecule has 7 nitrogen and oxygen atoms in total. The van der Waals surface area contributed by atoms with Crippen molar-refractivity contribution in [2.45, 2.75) is 24.5 Å². The Labute approximate surface area is 179 Å². The topological polar surface area (TPSA) is 80.5 Å². The van der Waals surface area contributed by atoms with E-state index in [2.05, 4.69) is 20.6 Å². The molecule has 0 spiro atoms. The summed E-state index contributed by atoms with van der Waals surface area (Å²) in [5.74, 6) is 1.86. The van der Waals surface area contributed by atoms with Crippen molar-refractivity contribution < 1.29 is 4.74 Å². The molecule has 3 aromatic rings. The molecule has 0 saturated heterocycles. The average molecular weight is 422 g/mol. The molecule has 30 heavy (non-hydrogen) atoms. The van der Waals surface area contributed by atoms with Crippen LogP contribution in [-0.2, 0) is 6.54 Å². The maximum absolute atomic E-state index is 12.7. The minimum absolute atomic E-state index is 0.120. The molecule has 1 aliphatic rings. The highest BCUT2D eigenvalue weighted by molar-refractivity contribution is 7.98. The Morgan fingerprint density at radius 2 is 1.90 bits per heavy atom. The first-order valence-corrected chi connectivity index (χ1v) is 10.7. The number of benzene rings is 2. The van der Waals surface area contributed by atoms with E-state index in [0.717, 1.165) is 21.8 Å². The second kappa shape index (κ2) is 8.62. The van der Waals surface area contributed by atoms with Gasteiger partial charge in [0.15, 0.2) is 5.96 Å². The smallest absolute Gasteiger partial charge is 0.257 e. The molecule has 2 heterocycles. The fraction of sp³-hybridized carbons (Fsp3) is 0.227. The summed E-state index contributed by atoms with van der Waals surface area (Å²) in [4.78, 5) is 23.1. The molecule has 0 bridgehead atoms. The lowest BCUT2D eigenvalue weighted by atomic mass is 10.1. The summed E-state index contributed by atoms with van der Waals surface area (Å²) in [7, 11) is 1.64. The van der Waals surface area contributed by atoms with Crippen LogP contribution in [0.2, 0.25) is 0 Å². The van der Waals surface area contributed by atoms with Gasteiger partial charge in [-0.25, -0.2) is 9.98 Å². The van der Waals surface area contributed by atoms with Gasteiger partial charge < -0.3 is 10.1 Å². The van der Waals surface area contributed by atoms with E-state index in [-0.39, 0.29) is 5.56 Å². The summed E-state index contributed by atoms with van der Waals surface area (Å²) < 4.78 is 6.82. The van der Waals surface area contributed by atoms with Crippen LogP contribution in [-0.4, -0.2) is 28.9 Å². The monoisotopic (exact) mass is 421 g/mol. The van der Waals surface area contributed by atoms with E-state index >= 15 is 0 Å². The number of hydrogen-bond acceptors (Lipinski definition) is 5. The van der Waals surface area contributed by atoms with Crippen LogP contribution in [0.1, 0.15) is 23.0 Å². The summed E-state index contributed by atoms with van der Waals surface area (Å²) in [6.07, 6.45) is 1.64. The van der Waals surface area contributed by atoms with Crippen molar-refractivity contribution in [3.63, 3.8) is 0 Å². The summed E-state index contributed by atoms with van der Waals surface area (Å²) in [6, 6.07) is 17.4. The van der Waals surface area contributed by atoms with E-state index in [1.165, 1.54) is 6.07 Å². The molecule has 0 fully saturated rings. The highest BCUT2D eigenvalue weighted by atomic mass is 32.2. The first-order valence-electron chi connectivity index (χ1n) is 9.52. The van der Waals surface area contributed by atoms with Gasteiger partial charge in [-0.2, -0.15) is 0 Å². The van der Waals surface area contributed by atoms with E-state index in [1.807, 2.05) is 61.7 Å². The molecule has 8 heteroatoms. The van der Waals surface area contributed by atoms with E-state index in [0.29, 0.717) is 24.1 Å². The molecule has 1 atom stereocenters. The van der Waals surface area contributed by atoms with E-state index in [4.69, 9.17) is 4.74 Å². The minimum atomic E-state index is -0.396. The molecule has 2 aromatic carbocycles. The van der Waals surface area contributed by atoms with Crippen molar-refractivity contribution in [3.05, 3.63) is 81.8 Å². The summed E-state index contributed by atoms with van der Waals surface area (Å²) in [5.41, 5.74) is 2.55. The first-order chi connectivity index (χ1) is 14.6. The largest absolute Gasteiger partial charge is 0.497 e. The van der Waals surface area contributed by atoms with Crippen molar-refractivity contribution in [2.75, 3.05) is 18.7 Å². The number of ether oxygens (including phenoxy) is 1. The molecule has 4 rings (SSSR count). The van der Waals surface area contributed by atoms with E-state index < -0.39 is 6.17 Å². The number of thioether (sulfide) groups is 1.